The van der Waals surface area contributed by atoms with Crippen molar-refractivity contribution in [1.29, 1.82) is 0 Å². The summed E-state index contributed by atoms with van der Waals surface area (Å²) in [6.45, 7) is 1.06. The maximum atomic E-state index is 6.89. The third-order valence-electron chi connectivity index (χ3n) is 6.04. The Balaban J connectivity index is 0.00000160. The van der Waals surface area contributed by atoms with Crippen molar-refractivity contribution in [3.8, 4) is 0 Å². The minimum atomic E-state index is -0.281. The number of hydrogen-bond acceptors (Lipinski definition) is 3. The molecule has 162 valence electrons. The van der Waals surface area contributed by atoms with Gasteiger partial charge in [-0.05, 0) is 74.4 Å². The Kier molecular flexibility index (Phi) is 9.39. The number of hydrogen-bond donors (Lipinski definition) is 2. The van der Waals surface area contributed by atoms with E-state index in [1.165, 1.54) is 17.5 Å². The largest absolute Gasteiger partial charge is 0.321 e. The first-order valence-corrected chi connectivity index (χ1v) is 10.6. The number of nitrogens with one attached hydrogen (secondary N) is 1. The Hall–Kier alpha value is -1.36. The van der Waals surface area contributed by atoms with Crippen LogP contribution in [-0.2, 0) is 12.0 Å². The Bertz CT molecular complexity index is 925. The number of rotatable bonds is 6. The molecule has 1 aliphatic rings. The lowest BCUT2D eigenvalue weighted by molar-refractivity contribution is 0.253. The van der Waals surface area contributed by atoms with E-state index in [1.807, 2.05) is 18.3 Å². The van der Waals surface area contributed by atoms with E-state index in [4.69, 9.17) is 17.3 Å². The highest BCUT2D eigenvalue weighted by molar-refractivity contribution is 6.31. The summed E-state index contributed by atoms with van der Waals surface area (Å²) in [6, 6.07) is 19.3. The smallest absolute Gasteiger partial charge is 0.0720 e. The Labute approximate surface area is 196 Å². The van der Waals surface area contributed by atoms with Crippen molar-refractivity contribution in [2.75, 3.05) is 6.54 Å². The molecule has 0 unspecified atom stereocenters. The van der Waals surface area contributed by atoms with Gasteiger partial charge in [0, 0.05) is 28.2 Å². The number of aryl methyl sites for hydroxylation is 1. The second-order valence-electron chi connectivity index (χ2n) is 7.99. The lowest BCUT2D eigenvalue weighted by Crippen LogP contribution is -2.45. The van der Waals surface area contributed by atoms with E-state index in [-0.39, 0.29) is 30.4 Å². The molecule has 0 amide bonds. The number of fused-ring (bicyclic) bond motifs is 1. The second-order valence-corrected chi connectivity index (χ2v) is 8.43. The van der Waals surface area contributed by atoms with Crippen molar-refractivity contribution in [2.24, 2.45) is 5.73 Å². The average molecular weight is 467 g/mol. The van der Waals surface area contributed by atoms with Crippen molar-refractivity contribution in [2.45, 2.75) is 50.1 Å². The van der Waals surface area contributed by atoms with Gasteiger partial charge in [-0.1, -0.05) is 48.0 Å². The minimum Gasteiger partial charge on any atom is -0.321 e. The highest BCUT2D eigenvalue weighted by Crippen LogP contribution is 2.38. The topological polar surface area (TPSA) is 50.9 Å². The van der Waals surface area contributed by atoms with Gasteiger partial charge in [-0.3, -0.25) is 4.98 Å². The maximum absolute atomic E-state index is 6.89. The van der Waals surface area contributed by atoms with Crippen LogP contribution in [0.3, 0.4) is 0 Å². The van der Waals surface area contributed by atoms with Crippen molar-refractivity contribution in [1.82, 2.24) is 10.3 Å². The molecule has 3 aromatic rings. The molecule has 1 aliphatic carbocycles. The number of nitrogens with two attached hydrogens (primary N) is 1. The van der Waals surface area contributed by atoms with E-state index >= 15 is 0 Å². The zero-order valence-electron chi connectivity index (χ0n) is 17.0. The zero-order chi connectivity index (χ0) is 19.4. The Morgan fingerprint density at radius 2 is 1.77 bits per heavy atom. The first kappa shape index (κ1) is 24.9. The third kappa shape index (κ3) is 5.87. The molecule has 30 heavy (non-hydrogen) atoms. The van der Waals surface area contributed by atoms with Crippen LogP contribution in [0.1, 0.15) is 43.2 Å². The van der Waals surface area contributed by atoms with Gasteiger partial charge in [0.25, 0.3) is 0 Å². The molecular weight excluding hydrogens is 437 g/mol. The van der Waals surface area contributed by atoms with Crippen molar-refractivity contribution in [3.05, 3.63) is 76.9 Å². The van der Waals surface area contributed by atoms with Gasteiger partial charge in [-0.25, -0.2) is 0 Å². The summed E-state index contributed by atoms with van der Waals surface area (Å²) in [5.74, 6) is 0. The van der Waals surface area contributed by atoms with Crippen LogP contribution in [0.5, 0.6) is 0 Å². The highest BCUT2D eigenvalue weighted by atomic mass is 35.5. The zero-order valence-corrected chi connectivity index (χ0v) is 19.4. The third-order valence-corrected chi connectivity index (χ3v) is 6.27. The summed E-state index contributed by atoms with van der Waals surface area (Å²) in [5, 5.41) is 5.58. The van der Waals surface area contributed by atoms with E-state index in [1.54, 1.807) is 0 Å². The number of pyridine rings is 1. The van der Waals surface area contributed by atoms with Gasteiger partial charge in [0.15, 0.2) is 0 Å². The highest BCUT2D eigenvalue weighted by Gasteiger charge is 2.34. The lowest BCUT2D eigenvalue weighted by atomic mass is 9.74. The number of aromatic nitrogens is 1. The van der Waals surface area contributed by atoms with Gasteiger partial charge >= 0.3 is 0 Å². The van der Waals surface area contributed by atoms with Crippen LogP contribution in [0.4, 0.5) is 0 Å². The molecule has 1 saturated carbocycles. The fraction of sp³-hybridized carbons (Fsp3) is 0.375. The predicted octanol–water partition coefficient (Wildman–Crippen LogP) is 6.05. The molecule has 0 radical (unpaired) electrons. The molecule has 6 heteroatoms. The van der Waals surface area contributed by atoms with Gasteiger partial charge in [0.05, 0.1) is 5.52 Å². The molecule has 3 nitrogen and oxygen atoms in total. The molecule has 0 saturated heterocycles. The van der Waals surface area contributed by atoms with Gasteiger partial charge in [-0.2, -0.15) is 0 Å². The SMILES string of the molecule is Cl.Cl.NC1(c2ccnc3cc(Cl)ccc23)CCC(NCCCc2ccccc2)CC1. The lowest BCUT2D eigenvalue weighted by Gasteiger charge is -2.38. The van der Waals surface area contributed by atoms with Crippen molar-refractivity contribution in [3.63, 3.8) is 0 Å². The molecule has 4 rings (SSSR count). The van der Waals surface area contributed by atoms with Crippen molar-refractivity contribution < 1.29 is 0 Å². The molecule has 2 aromatic carbocycles. The van der Waals surface area contributed by atoms with Gasteiger partial charge in [0.2, 0.25) is 0 Å². The fourth-order valence-corrected chi connectivity index (χ4v) is 4.57. The molecule has 0 bridgehead atoms. The van der Waals surface area contributed by atoms with Crippen molar-refractivity contribution >= 4 is 47.3 Å². The van der Waals surface area contributed by atoms with Gasteiger partial charge in [0.1, 0.15) is 0 Å². The second kappa shape index (κ2) is 11.3. The first-order valence-electron chi connectivity index (χ1n) is 10.2. The molecular formula is C24H30Cl3N3. The molecule has 1 fully saturated rings. The van der Waals surface area contributed by atoms with Gasteiger partial charge < -0.3 is 11.1 Å². The van der Waals surface area contributed by atoms with E-state index < -0.39 is 0 Å². The minimum absolute atomic E-state index is 0. The number of benzene rings is 2. The quantitative estimate of drug-likeness (QED) is 0.435. The van der Waals surface area contributed by atoms with E-state index in [0.717, 1.165) is 49.6 Å². The molecule has 1 heterocycles. The standard InChI is InChI=1S/C24H28ClN3.2ClH/c25-19-8-9-21-22(12-16-28-23(21)17-19)24(26)13-10-20(11-14-24)27-15-4-7-18-5-2-1-3-6-18;;/h1-3,5-6,8-9,12,16-17,20,27H,4,7,10-11,13-15,26H2;2*1H. The maximum Gasteiger partial charge on any atom is 0.0720 e. The molecule has 0 atom stereocenters. The van der Waals surface area contributed by atoms with Crippen LogP contribution in [0, 0.1) is 0 Å². The molecule has 1 aromatic heterocycles. The van der Waals surface area contributed by atoms with Crippen LogP contribution in [0.2, 0.25) is 5.02 Å². The summed E-state index contributed by atoms with van der Waals surface area (Å²) < 4.78 is 0. The van der Waals surface area contributed by atoms with Gasteiger partial charge in [-0.15, -0.1) is 24.8 Å². The molecule has 0 spiro atoms. The summed E-state index contributed by atoms with van der Waals surface area (Å²) in [7, 11) is 0. The number of halogens is 3. The van der Waals surface area contributed by atoms with E-state index in [2.05, 4.69) is 52.8 Å². The monoisotopic (exact) mass is 465 g/mol. The van der Waals surface area contributed by atoms with Crippen LogP contribution < -0.4 is 11.1 Å². The molecule has 0 aliphatic heterocycles. The van der Waals surface area contributed by atoms with Crippen LogP contribution >= 0.6 is 36.4 Å². The van der Waals surface area contributed by atoms with Crippen LogP contribution in [0.15, 0.2) is 60.8 Å². The molecule has 3 N–H and O–H groups in total. The normalized spacial score (nSPS) is 20.9. The Morgan fingerprint density at radius 1 is 1.03 bits per heavy atom. The summed E-state index contributed by atoms with van der Waals surface area (Å²) in [6.07, 6.45) is 8.36. The van der Waals surface area contributed by atoms with Crippen LogP contribution in [-0.4, -0.2) is 17.6 Å². The van der Waals surface area contributed by atoms with Crippen LogP contribution in [0.25, 0.3) is 10.9 Å². The van der Waals surface area contributed by atoms with E-state index in [9.17, 15) is 0 Å². The summed E-state index contributed by atoms with van der Waals surface area (Å²) in [5.41, 5.74) is 10.2. The summed E-state index contributed by atoms with van der Waals surface area (Å²) in [4.78, 5) is 4.47. The average Bonchev–Trinajstić information content (AvgIpc) is 2.73. The summed E-state index contributed by atoms with van der Waals surface area (Å²) >= 11 is 6.13. The Morgan fingerprint density at radius 3 is 2.50 bits per heavy atom. The fourth-order valence-electron chi connectivity index (χ4n) is 4.41. The van der Waals surface area contributed by atoms with E-state index in [0.29, 0.717) is 11.1 Å². The predicted molar refractivity (Wildman–Crippen MR) is 132 cm³/mol. The first-order chi connectivity index (χ1) is 13.6. The number of nitrogens with zero attached hydrogens (tertiary/aromatic N) is 1.